The Labute approximate surface area is 124 Å². The zero-order valence-electron chi connectivity index (χ0n) is 12.2. The summed E-state index contributed by atoms with van der Waals surface area (Å²) < 4.78 is 0. The molecule has 0 radical (unpaired) electrons. The number of hydrazine groups is 1. The number of hydrogen-bond donors (Lipinski definition) is 2. The van der Waals surface area contributed by atoms with Gasteiger partial charge in [0.2, 0.25) is 0 Å². The van der Waals surface area contributed by atoms with Gasteiger partial charge in [0.15, 0.2) is 0 Å². The van der Waals surface area contributed by atoms with Crippen molar-refractivity contribution in [3.05, 3.63) is 34.9 Å². The third-order valence-corrected chi connectivity index (χ3v) is 2.74. The van der Waals surface area contributed by atoms with Crippen LogP contribution in [0.25, 0.3) is 0 Å². The molecular formula is C14H20ClN3O2. The third-order valence-electron chi connectivity index (χ3n) is 2.50. The molecule has 0 unspecified atom stereocenters. The Balaban J connectivity index is 2.90. The molecule has 5 nitrogen and oxygen atoms in total. The molecule has 1 rings (SSSR count). The average Bonchev–Trinajstić information content (AvgIpc) is 2.34. The van der Waals surface area contributed by atoms with E-state index in [4.69, 9.17) is 11.6 Å². The van der Waals surface area contributed by atoms with E-state index in [0.717, 1.165) is 0 Å². The van der Waals surface area contributed by atoms with E-state index in [1.165, 1.54) is 5.01 Å². The summed E-state index contributed by atoms with van der Waals surface area (Å²) in [4.78, 5) is 24.2. The predicted octanol–water partition coefficient (Wildman–Crippen LogP) is 2.81. The monoisotopic (exact) mass is 297 g/mol. The van der Waals surface area contributed by atoms with Crippen LogP contribution in [0.3, 0.4) is 0 Å². The number of carbonyl (C=O) groups is 2. The lowest BCUT2D eigenvalue weighted by molar-refractivity contribution is 0.0658. The van der Waals surface area contributed by atoms with E-state index in [1.54, 1.807) is 24.3 Å². The molecule has 0 aliphatic rings. The molecule has 6 heteroatoms. The third kappa shape index (κ3) is 4.42. The van der Waals surface area contributed by atoms with E-state index in [9.17, 15) is 9.59 Å². The molecule has 0 fully saturated rings. The number of halogens is 1. The van der Waals surface area contributed by atoms with Crippen LogP contribution in [0, 0.1) is 0 Å². The molecule has 1 aromatic carbocycles. The highest BCUT2D eigenvalue weighted by Gasteiger charge is 2.28. The summed E-state index contributed by atoms with van der Waals surface area (Å²) in [5, 5.41) is 4.41. The van der Waals surface area contributed by atoms with Crippen LogP contribution < -0.4 is 10.7 Å². The summed E-state index contributed by atoms with van der Waals surface area (Å²) in [6.07, 6.45) is 0. The van der Waals surface area contributed by atoms with Crippen molar-refractivity contribution in [2.75, 3.05) is 6.54 Å². The Morgan fingerprint density at radius 2 is 1.95 bits per heavy atom. The number of rotatable bonds is 2. The van der Waals surface area contributed by atoms with Gasteiger partial charge in [-0.2, -0.15) is 0 Å². The van der Waals surface area contributed by atoms with Crippen molar-refractivity contribution in [3.63, 3.8) is 0 Å². The van der Waals surface area contributed by atoms with E-state index in [2.05, 4.69) is 10.7 Å². The first-order valence-corrected chi connectivity index (χ1v) is 6.78. The molecule has 0 saturated carbocycles. The first kappa shape index (κ1) is 16.3. The minimum Gasteiger partial charge on any atom is -0.337 e. The van der Waals surface area contributed by atoms with Gasteiger partial charge in [-0.25, -0.2) is 9.80 Å². The molecule has 0 bridgehead atoms. The van der Waals surface area contributed by atoms with Crippen LogP contribution in [0.15, 0.2) is 24.3 Å². The maximum absolute atomic E-state index is 12.2. The summed E-state index contributed by atoms with van der Waals surface area (Å²) in [6.45, 7) is 7.80. The van der Waals surface area contributed by atoms with E-state index in [1.807, 2.05) is 27.7 Å². The Hall–Kier alpha value is -1.75. The summed E-state index contributed by atoms with van der Waals surface area (Å²) in [7, 11) is 0. The van der Waals surface area contributed by atoms with Crippen molar-refractivity contribution < 1.29 is 9.59 Å². The van der Waals surface area contributed by atoms with Crippen molar-refractivity contribution >= 4 is 23.5 Å². The largest absolute Gasteiger partial charge is 0.337 e. The molecule has 1 aromatic rings. The van der Waals surface area contributed by atoms with Gasteiger partial charge in [0.05, 0.1) is 5.54 Å². The van der Waals surface area contributed by atoms with Crippen LogP contribution in [0.4, 0.5) is 4.79 Å². The first-order valence-electron chi connectivity index (χ1n) is 6.40. The van der Waals surface area contributed by atoms with Gasteiger partial charge in [0.1, 0.15) is 0 Å². The Bertz CT molecular complexity index is 497. The highest BCUT2D eigenvalue weighted by atomic mass is 35.5. The number of amides is 3. The summed E-state index contributed by atoms with van der Waals surface area (Å²) in [6, 6.07) is 6.21. The molecule has 20 heavy (non-hydrogen) atoms. The lowest BCUT2D eigenvalue weighted by Gasteiger charge is -2.35. The van der Waals surface area contributed by atoms with Gasteiger partial charge in [-0.15, -0.1) is 0 Å². The zero-order valence-corrected chi connectivity index (χ0v) is 12.9. The van der Waals surface area contributed by atoms with Crippen molar-refractivity contribution in [1.82, 2.24) is 15.8 Å². The van der Waals surface area contributed by atoms with E-state index >= 15 is 0 Å². The van der Waals surface area contributed by atoms with Gasteiger partial charge in [0, 0.05) is 17.1 Å². The molecule has 0 aliphatic heterocycles. The molecule has 0 aromatic heterocycles. The van der Waals surface area contributed by atoms with Crippen LogP contribution in [-0.2, 0) is 0 Å². The van der Waals surface area contributed by atoms with Gasteiger partial charge in [-0.1, -0.05) is 17.7 Å². The van der Waals surface area contributed by atoms with Crippen LogP contribution in [0.2, 0.25) is 5.02 Å². The van der Waals surface area contributed by atoms with Gasteiger partial charge in [-0.3, -0.25) is 10.2 Å². The maximum Gasteiger partial charge on any atom is 0.336 e. The van der Waals surface area contributed by atoms with Crippen LogP contribution >= 0.6 is 11.6 Å². The smallest absolute Gasteiger partial charge is 0.336 e. The van der Waals surface area contributed by atoms with Crippen molar-refractivity contribution in [2.24, 2.45) is 0 Å². The number of nitrogens with one attached hydrogen (secondary N) is 2. The Morgan fingerprint density at radius 3 is 2.45 bits per heavy atom. The quantitative estimate of drug-likeness (QED) is 0.825. The number of hydrogen-bond acceptors (Lipinski definition) is 2. The topological polar surface area (TPSA) is 61.4 Å². The van der Waals surface area contributed by atoms with Gasteiger partial charge in [-0.05, 0) is 45.9 Å². The second-order valence-electron chi connectivity index (χ2n) is 5.29. The molecular weight excluding hydrogens is 278 g/mol. The Morgan fingerprint density at radius 1 is 1.30 bits per heavy atom. The second kappa shape index (κ2) is 6.61. The van der Waals surface area contributed by atoms with E-state index in [-0.39, 0.29) is 11.9 Å². The molecule has 2 N–H and O–H groups in total. The van der Waals surface area contributed by atoms with Crippen LogP contribution in [0.1, 0.15) is 38.1 Å². The molecule has 0 heterocycles. The van der Waals surface area contributed by atoms with Crippen molar-refractivity contribution in [3.8, 4) is 0 Å². The van der Waals surface area contributed by atoms with E-state index < -0.39 is 5.54 Å². The number of benzene rings is 1. The van der Waals surface area contributed by atoms with Crippen LogP contribution in [0.5, 0.6) is 0 Å². The minimum absolute atomic E-state index is 0.352. The molecule has 0 spiro atoms. The molecule has 110 valence electrons. The van der Waals surface area contributed by atoms with Crippen LogP contribution in [-0.4, -0.2) is 29.0 Å². The highest BCUT2D eigenvalue weighted by Crippen LogP contribution is 2.14. The van der Waals surface area contributed by atoms with Gasteiger partial charge < -0.3 is 5.32 Å². The zero-order chi connectivity index (χ0) is 15.3. The number of nitrogens with zero attached hydrogens (tertiary/aromatic N) is 1. The fraction of sp³-hybridized carbons (Fsp3) is 0.429. The lowest BCUT2D eigenvalue weighted by atomic mass is 10.1. The fourth-order valence-electron chi connectivity index (χ4n) is 1.55. The molecule has 3 amide bonds. The lowest BCUT2D eigenvalue weighted by Crippen LogP contribution is -2.58. The van der Waals surface area contributed by atoms with E-state index in [0.29, 0.717) is 17.1 Å². The molecule has 0 saturated heterocycles. The number of carbonyl (C=O) groups excluding carboxylic acids is 2. The summed E-state index contributed by atoms with van der Waals surface area (Å²) in [5.41, 5.74) is 2.46. The second-order valence-corrected chi connectivity index (χ2v) is 5.73. The minimum atomic E-state index is -0.548. The fourth-order valence-corrected chi connectivity index (χ4v) is 1.74. The summed E-state index contributed by atoms with van der Waals surface area (Å²) >= 11 is 5.85. The van der Waals surface area contributed by atoms with Gasteiger partial charge >= 0.3 is 6.03 Å². The molecule has 0 aliphatic carbocycles. The van der Waals surface area contributed by atoms with Crippen molar-refractivity contribution in [1.29, 1.82) is 0 Å². The Kier molecular flexibility index (Phi) is 5.39. The normalized spacial score (nSPS) is 10.8. The SMILES string of the molecule is CCNC(=O)N(NC(=O)c1cccc(Cl)c1)C(C)(C)C. The standard InChI is InChI=1S/C14H20ClN3O2/c1-5-16-13(20)18(14(2,3)4)17-12(19)10-7-6-8-11(15)9-10/h6-9H,5H2,1-4H3,(H,16,20)(H,17,19). The predicted molar refractivity (Wildman–Crippen MR) is 79.6 cm³/mol. The van der Waals surface area contributed by atoms with Gasteiger partial charge in [0.25, 0.3) is 5.91 Å². The molecule has 0 atom stereocenters. The summed E-state index contributed by atoms with van der Waals surface area (Å²) in [5.74, 6) is -0.381. The van der Waals surface area contributed by atoms with Crippen molar-refractivity contribution in [2.45, 2.75) is 33.2 Å². The highest BCUT2D eigenvalue weighted by molar-refractivity contribution is 6.30. The average molecular weight is 298 g/mol. The number of urea groups is 1. The first-order chi connectivity index (χ1) is 9.25. The maximum atomic E-state index is 12.2.